The zero-order valence-electron chi connectivity index (χ0n) is 10.3. The van der Waals surface area contributed by atoms with Gasteiger partial charge in [-0.25, -0.2) is 0 Å². The number of carbonyl (C=O) groups is 1. The van der Waals surface area contributed by atoms with E-state index in [0.717, 1.165) is 12.0 Å². The number of carbonyl (C=O) groups excluding carboxylic acids is 1. The van der Waals surface area contributed by atoms with Crippen LogP contribution in [0.5, 0.6) is 0 Å². The van der Waals surface area contributed by atoms with Crippen LogP contribution in [0.3, 0.4) is 0 Å². The van der Waals surface area contributed by atoms with Gasteiger partial charge in [0.2, 0.25) is 5.91 Å². The maximum atomic E-state index is 11.4. The van der Waals surface area contributed by atoms with Crippen molar-refractivity contribution in [1.82, 2.24) is 15.1 Å². The van der Waals surface area contributed by atoms with Crippen molar-refractivity contribution in [3.8, 4) is 0 Å². The number of hydrogen-bond acceptors (Lipinski definition) is 3. The normalized spacial score (nSPS) is 12.9. The molecule has 0 radical (unpaired) electrons. The molecule has 0 saturated carbocycles. The standard InChI is InChI=1S/C12H19N3O2/c1-3-4-11(16)8-13-12(17)6-5-10-7-14-15(2)9-10/h5-7,9,11,16H,3-4,8H2,1-2H3,(H,13,17)/b6-5+. The summed E-state index contributed by atoms with van der Waals surface area (Å²) in [6.45, 7) is 2.29. The Kier molecular flexibility index (Phi) is 5.42. The van der Waals surface area contributed by atoms with E-state index < -0.39 is 6.10 Å². The molecule has 0 saturated heterocycles. The Morgan fingerprint density at radius 2 is 2.47 bits per heavy atom. The summed E-state index contributed by atoms with van der Waals surface area (Å²) in [5.74, 6) is -0.205. The smallest absolute Gasteiger partial charge is 0.244 e. The number of hydrogen-bond donors (Lipinski definition) is 2. The predicted molar refractivity (Wildman–Crippen MR) is 66.2 cm³/mol. The van der Waals surface area contributed by atoms with Gasteiger partial charge in [-0.1, -0.05) is 13.3 Å². The first-order valence-electron chi connectivity index (χ1n) is 5.74. The van der Waals surface area contributed by atoms with Gasteiger partial charge >= 0.3 is 0 Å². The molecule has 5 nitrogen and oxygen atoms in total. The van der Waals surface area contributed by atoms with Crippen molar-refractivity contribution >= 4 is 12.0 Å². The van der Waals surface area contributed by atoms with Crippen molar-refractivity contribution in [2.45, 2.75) is 25.9 Å². The molecule has 0 aliphatic carbocycles. The van der Waals surface area contributed by atoms with Crippen LogP contribution in [-0.2, 0) is 11.8 Å². The summed E-state index contributed by atoms with van der Waals surface area (Å²) >= 11 is 0. The summed E-state index contributed by atoms with van der Waals surface area (Å²) < 4.78 is 1.67. The Balaban J connectivity index is 2.32. The average molecular weight is 237 g/mol. The lowest BCUT2D eigenvalue weighted by molar-refractivity contribution is -0.116. The van der Waals surface area contributed by atoms with Crippen LogP contribution >= 0.6 is 0 Å². The molecule has 1 aromatic rings. The van der Waals surface area contributed by atoms with Crippen LogP contribution < -0.4 is 5.32 Å². The number of aliphatic hydroxyl groups excluding tert-OH is 1. The fourth-order valence-corrected chi connectivity index (χ4v) is 1.41. The fourth-order valence-electron chi connectivity index (χ4n) is 1.41. The molecule has 1 unspecified atom stereocenters. The van der Waals surface area contributed by atoms with Crippen LogP contribution in [0.4, 0.5) is 0 Å². The quantitative estimate of drug-likeness (QED) is 0.716. The minimum Gasteiger partial charge on any atom is -0.391 e. The molecular formula is C12H19N3O2. The summed E-state index contributed by atoms with van der Waals surface area (Å²) in [6, 6.07) is 0. The molecule has 17 heavy (non-hydrogen) atoms. The van der Waals surface area contributed by atoms with Crippen LogP contribution in [0.2, 0.25) is 0 Å². The summed E-state index contributed by atoms with van der Waals surface area (Å²) in [5.41, 5.74) is 0.872. The van der Waals surface area contributed by atoms with Crippen molar-refractivity contribution in [2.75, 3.05) is 6.54 Å². The van der Waals surface area contributed by atoms with Gasteiger partial charge < -0.3 is 10.4 Å². The summed E-state index contributed by atoms with van der Waals surface area (Å²) in [6.07, 6.45) is 7.76. The molecule has 0 bridgehead atoms. The largest absolute Gasteiger partial charge is 0.391 e. The number of rotatable bonds is 6. The zero-order chi connectivity index (χ0) is 12.7. The third-order valence-electron chi connectivity index (χ3n) is 2.29. The maximum Gasteiger partial charge on any atom is 0.244 e. The summed E-state index contributed by atoms with van der Waals surface area (Å²) in [4.78, 5) is 11.4. The zero-order valence-corrected chi connectivity index (χ0v) is 10.3. The van der Waals surface area contributed by atoms with E-state index >= 15 is 0 Å². The van der Waals surface area contributed by atoms with E-state index in [1.54, 1.807) is 17.0 Å². The molecule has 0 aliphatic heterocycles. The summed E-state index contributed by atoms with van der Waals surface area (Å²) in [5, 5.41) is 16.1. The molecule has 2 N–H and O–H groups in total. The Labute approximate surface area is 101 Å². The second-order valence-corrected chi connectivity index (χ2v) is 3.97. The van der Waals surface area contributed by atoms with E-state index in [1.807, 2.05) is 20.2 Å². The van der Waals surface area contributed by atoms with Crippen molar-refractivity contribution in [2.24, 2.45) is 7.05 Å². The van der Waals surface area contributed by atoms with Crippen molar-refractivity contribution in [3.63, 3.8) is 0 Å². The average Bonchev–Trinajstić information content (AvgIpc) is 2.70. The third-order valence-corrected chi connectivity index (χ3v) is 2.29. The highest BCUT2D eigenvalue weighted by Gasteiger charge is 2.03. The fraction of sp³-hybridized carbons (Fsp3) is 0.500. The van der Waals surface area contributed by atoms with E-state index in [4.69, 9.17) is 0 Å². The van der Waals surface area contributed by atoms with Crippen molar-refractivity contribution in [3.05, 3.63) is 24.0 Å². The molecule has 1 amide bonds. The van der Waals surface area contributed by atoms with Gasteiger partial charge in [0, 0.05) is 31.4 Å². The Morgan fingerprint density at radius 1 is 1.71 bits per heavy atom. The molecule has 1 rings (SSSR count). The van der Waals surface area contributed by atoms with Gasteiger partial charge in [-0.3, -0.25) is 9.48 Å². The van der Waals surface area contributed by atoms with Crippen LogP contribution in [0.1, 0.15) is 25.3 Å². The van der Waals surface area contributed by atoms with E-state index in [1.165, 1.54) is 6.08 Å². The molecule has 0 aromatic carbocycles. The predicted octanol–water partition coefficient (Wildman–Crippen LogP) is 0.710. The van der Waals surface area contributed by atoms with E-state index in [9.17, 15) is 9.90 Å². The van der Waals surface area contributed by atoms with Crippen LogP contribution in [0.15, 0.2) is 18.5 Å². The highest BCUT2D eigenvalue weighted by atomic mass is 16.3. The number of nitrogens with one attached hydrogen (secondary N) is 1. The van der Waals surface area contributed by atoms with Crippen molar-refractivity contribution in [1.29, 1.82) is 0 Å². The second-order valence-electron chi connectivity index (χ2n) is 3.97. The minimum absolute atomic E-state index is 0.205. The lowest BCUT2D eigenvalue weighted by Crippen LogP contribution is -2.30. The number of aromatic nitrogens is 2. The molecule has 0 aliphatic rings. The molecule has 0 fully saturated rings. The molecule has 1 aromatic heterocycles. The van der Waals surface area contributed by atoms with Gasteiger partial charge in [-0.05, 0) is 12.5 Å². The van der Waals surface area contributed by atoms with Crippen LogP contribution in [0, 0.1) is 0 Å². The monoisotopic (exact) mass is 237 g/mol. The molecule has 5 heteroatoms. The maximum absolute atomic E-state index is 11.4. The Hall–Kier alpha value is -1.62. The number of aryl methyl sites for hydroxylation is 1. The van der Waals surface area contributed by atoms with Gasteiger partial charge in [0.05, 0.1) is 12.3 Å². The lowest BCUT2D eigenvalue weighted by atomic mass is 10.2. The molecule has 1 heterocycles. The summed E-state index contributed by atoms with van der Waals surface area (Å²) in [7, 11) is 1.82. The highest BCUT2D eigenvalue weighted by molar-refractivity contribution is 5.91. The number of nitrogens with zero attached hydrogens (tertiary/aromatic N) is 2. The van der Waals surface area contributed by atoms with Crippen LogP contribution in [0.25, 0.3) is 6.08 Å². The first-order valence-corrected chi connectivity index (χ1v) is 5.74. The molecule has 94 valence electrons. The Morgan fingerprint density at radius 3 is 3.06 bits per heavy atom. The van der Waals surface area contributed by atoms with Gasteiger partial charge in [-0.15, -0.1) is 0 Å². The second kappa shape index (κ2) is 6.85. The van der Waals surface area contributed by atoms with E-state index in [2.05, 4.69) is 10.4 Å². The molecular weight excluding hydrogens is 218 g/mol. The number of amides is 1. The molecule has 0 spiro atoms. The number of aliphatic hydroxyl groups is 1. The SMILES string of the molecule is CCCC(O)CNC(=O)/C=C/c1cnn(C)c1. The lowest BCUT2D eigenvalue weighted by Gasteiger charge is -2.08. The van der Waals surface area contributed by atoms with Crippen molar-refractivity contribution < 1.29 is 9.90 Å². The molecule has 1 atom stereocenters. The minimum atomic E-state index is -0.462. The van der Waals surface area contributed by atoms with Gasteiger partial charge in [0.25, 0.3) is 0 Å². The third kappa shape index (κ3) is 5.31. The van der Waals surface area contributed by atoms with E-state index in [-0.39, 0.29) is 5.91 Å². The van der Waals surface area contributed by atoms with E-state index in [0.29, 0.717) is 13.0 Å². The Bertz CT molecular complexity index is 385. The first kappa shape index (κ1) is 13.4. The van der Waals surface area contributed by atoms with Gasteiger partial charge in [-0.2, -0.15) is 5.10 Å². The van der Waals surface area contributed by atoms with Crippen LogP contribution in [-0.4, -0.2) is 33.4 Å². The highest BCUT2D eigenvalue weighted by Crippen LogP contribution is 1.99. The van der Waals surface area contributed by atoms with Gasteiger partial charge in [0.15, 0.2) is 0 Å². The van der Waals surface area contributed by atoms with Gasteiger partial charge in [0.1, 0.15) is 0 Å². The first-order chi connectivity index (χ1) is 8.11. The topological polar surface area (TPSA) is 67.2 Å².